The SMILES string of the molecule is C[C@H](N)c1cc(Br)ccc1OCC1CCOCC1. The van der Waals surface area contributed by atoms with Crippen LogP contribution in [0.3, 0.4) is 0 Å². The Hall–Kier alpha value is -0.580. The number of rotatable bonds is 4. The summed E-state index contributed by atoms with van der Waals surface area (Å²) in [6, 6.07) is 5.99. The van der Waals surface area contributed by atoms with Crippen LogP contribution in [0.25, 0.3) is 0 Å². The van der Waals surface area contributed by atoms with Gasteiger partial charge in [-0.25, -0.2) is 0 Å². The molecular formula is C14H20BrNO2. The number of ether oxygens (including phenoxy) is 2. The van der Waals surface area contributed by atoms with Crippen LogP contribution in [0.5, 0.6) is 5.75 Å². The average molecular weight is 314 g/mol. The molecule has 18 heavy (non-hydrogen) atoms. The number of nitrogens with two attached hydrogens (primary N) is 1. The van der Waals surface area contributed by atoms with Crippen molar-refractivity contribution in [3.05, 3.63) is 28.2 Å². The van der Waals surface area contributed by atoms with E-state index < -0.39 is 0 Å². The zero-order valence-corrected chi connectivity index (χ0v) is 12.3. The minimum absolute atomic E-state index is 0.0211. The van der Waals surface area contributed by atoms with Crippen LogP contribution in [0, 0.1) is 5.92 Å². The molecule has 2 N–H and O–H groups in total. The van der Waals surface area contributed by atoms with Gasteiger partial charge in [-0.1, -0.05) is 15.9 Å². The summed E-state index contributed by atoms with van der Waals surface area (Å²) in [4.78, 5) is 0. The molecule has 0 unspecified atom stereocenters. The molecule has 1 saturated heterocycles. The van der Waals surface area contributed by atoms with Gasteiger partial charge in [-0.05, 0) is 43.9 Å². The van der Waals surface area contributed by atoms with Gasteiger partial charge in [-0.3, -0.25) is 0 Å². The van der Waals surface area contributed by atoms with Gasteiger partial charge in [0.05, 0.1) is 6.61 Å². The first-order valence-corrected chi connectivity index (χ1v) is 7.21. The highest BCUT2D eigenvalue weighted by atomic mass is 79.9. The van der Waals surface area contributed by atoms with Crippen molar-refractivity contribution in [1.29, 1.82) is 0 Å². The summed E-state index contributed by atoms with van der Waals surface area (Å²) in [7, 11) is 0. The fourth-order valence-electron chi connectivity index (χ4n) is 2.13. The second-order valence-corrected chi connectivity index (χ2v) is 5.75. The highest BCUT2D eigenvalue weighted by Gasteiger charge is 2.16. The second-order valence-electron chi connectivity index (χ2n) is 4.84. The van der Waals surface area contributed by atoms with Crippen molar-refractivity contribution < 1.29 is 9.47 Å². The van der Waals surface area contributed by atoms with E-state index in [1.54, 1.807) is 0 Å². The molecule has 0 bridgehead atoms. The van der Waals surface area contributed by atoms with Crippen molar-refractivity contribution in [3.63, 3.8) is 0 Å². The molecule has 1 atom stereocenters. The molecule has 1 heterocycles. The van der Waals surface area contributed by atoms with Crippen LogP contribution in [0.15, 0.2) is 22.7 Å². The van der Waals surface area contributed by atoms with Crippen LogP contribution in [0.4, 0.5) is 0 Å². The smallest absolute Gasteiger partial charge is 0.124 e. The van der Waals surface area contributed by atoms with Gasteiger partial charge >= 0.3 is 0 Å². The van der Waals surface area contributed by atoms with E-state index in [1.807, 2.05) is 25.1 Å². The Balaban J connectivity index is 1.99. The summed E-state index contributed by atoms with van der Waals surface area (Å²) in [5.41, 5.74) is 7.02. The lowest BCUT2D eigenvalue weighted by Crippen LogP contribution is -2.22. The first-order chi connectivity index (χ1) is 8.66. The third kappa shape index (κ3) is 3.70. The third-order valence-corrected chi connectivity index (χ3v) is 3.77. The second kappa shape index (κ2) is 6.55. The first-order valence-electron chi connectivity index (χ1n) is 6.42. The van der Waals surface area contributed by atoms with E-state index in [2.05, 4.69) is 15.9 Å². The molecule has 0 radical (unpaired) electrons. The number of benzene rings is 1. The predicted octanol–water partition coefficient (Wildman–Crippen LogP) is 3.27. The van der Waals surface area contributed by atoms with E-state index in [0.717, 1.165) is 48.4 Å². The minimum atomic E-state index is -0.0211. The van der Waals surface area contributed by atoms with Gasteiger partial charge in [0.2, 0.25) is 0 Å². The fourth-order valence-corrected chi connectivity index (χ4v) is 2.51. The summed E-state index contributed by atoms with van der Waals surface area (Å²) in [6.45, 7) is 4.44. The molecule has 1 aliphatic rings. The lowest BCUT2D eigenvalue weighted by molar-refractivity contribution is 0.0495. The van der Waals surface area contributed by atoms with Crippen LogP contribution in [0.1, 0.15) is 31.4 Å². The maximum absolute atomic E-state index is 5.97. The van der Waals surface area contributed by atoms with Gasteiger partial charge < -0.3 is 15.2 Å². The molecule has 1 aromatic carbocycles. The van der Waals surface area contributed by atoms with E-state index in [4.69, 9.17) is 15.2 Å². The van der Waals surface area contributed by atoms with Crippen molar-refractivity contribution in [3.8, 4) is 5.75 Å². The largest absolute Gasteiger partial charge is 0.493 e. The molecule has 0 aromatic heterocycles. The van der Waals surface area contributed by atoms with Gasteiger partial charge in [0.25, 0.3) is 0 Å². The van der Waals surface area contributed by atoms with Gasteiger partial charge in [-0.2, -0.15) is 0 Å². The number of hydrogen-bond donors (Lipinski definition) is 1. The summed E-state index contributed by atoms with van der Waals surface area (Å²) < 4.78 is 12.3. The van der Waals surface area contributed by atoms with Crippen molar-refractivity contribution in [2.24, 2.45) is 11.7 Å². The first kappa shape index (κ1) is 13.8. The molecular weight excluding hydrogens is 294 g/mol. The predicted molar refractivity (Wildman–Crippen MR) is 75.8 cm³/mol. The topological polar surface area (TPSA) is 44.5 Å². The highest BCUT2D eigenvalue weighted by molar-refractivity contribution is 9.10. The Kier molecular flexibility index (Phi) is 5.03. The molecule has 0 saturated carbocycles. The van der Waals surface area contributed by atoms with Gasteiger partial charge in [0.15, 0.2) is 0 Å². The normalized spacial score (nSPS) is 18.6. The number of hydrogen-bond acceptors (Lipinski definition) is 3. The summed E-state index contributed by atoms with van der Waals surface area (Å²) in [5, 5.41) is 0. The van der Waals surface area contributed by atoms with Crippen LogP contribution < -0.4 is 10.5 Å². The molecule has 0 amide bonds. The molecule has 3 nitrogen and oxygen atoms in total. The Morgan fingerprint density at radius 2 is 2.17 bits per heavy atom. The average Bonchev–Trinajstić information content (AvgIpc) is 2.38. The monoisotopic (exact) mass is 313 g/mol. The van der Waals surface area contributed by atoms with Gasteiger partial charge in [0, 0.05) is 29.3 Å². The van der Waals surface area contributed by atoms with Crippen LogP contribution >= 0.6 is 15.9 Å². The van der Waals surface area contributed by atoms with E-state index in [1.165, 1.54) is 0 Å². The quantitative estimate of drug-likeness (QED) is 0.927. The van der Waals surface area contributed by atoms with E-state index in [0.29, 0.717) is 5.92 Å². The molecule has 1 aliphatic heterocycles. The summed E-state index contributed by atoms with van der Waals surface area (Å²) in [6.07, 6.45) is 2.17. The van der Waals surface area contributed by atoms with Crippen molar-refractivity contribution in [2.75, 3.05) is 19.8 Å². The van der Waals surface area contributed by atoms with E-state index >= 15 is 0 Å². The van der Waals surface area contributed by atoms with Crippen LogP contribution in [0.2, 0.25) is 0 Å². The van der Waals surface area contributed by atoms with Crippen LogP contribution in [-0.4, -0.2) is 19.8 Å². The number of halogens is 1. The molecule has 100 valence electrons. The highest BCUT2D eigenvalue weighted by Crippen LogP contribution is 2.28. The van der Waals surface area contributed by atoms with Gasteiger partial charge in [0.1, 0.15) is 5.75 Å². The maximum Gasteiger partial charge on any atom is 0.124 e. The zero-order chi connectivity index (χ0) is 13.0. The van der Waals surface area contributed by atoms with Crippen molar-refractivity contribution in [1.82, 2.24) is 0 Å². The molecule has 2 rings (SSSR count). The van der Waals surface area contributed by atoms with E-state index in [9.17, 15) is 0 Å². The molecule has 1 fully saturated rings. The van der Waals surface area contributed by atoms with E-state index in [-0.39, 0.29) is 6.04 Å². The van der Waals surface area contributed by atoms with Crippen LogP contribution in [-0.2, 0) is 4.74 Å². The lowest BCUT2D eigenvalue weighted by Gasteiger charge is -2.23. The summed E-state index contributed by atoms with van der Waals surface area (Å²) >= 11 is 3.46. The molecule has 4 heteroatoms. The maximum atomic E-state index is 5.97. The Bertz CT molecular complexity index is 389. The third-order valence-electron chi connectivity index (χ3n) is 3.28. The van der Waals surface area contributed by atoms with Crippen molar-refractivity contribution in [2.45, 2.75) is 25.8 Å². The van der Waals surface area contributed by atoms with Gasteiger partial charge in [-0.15, -0.1) is 0 Å². The molecule has 0 aliphatic carbocycles. The minimum Gasteiger partial charge on any atom is -0.493 e. The Morgan fingerprint density at radius 1 is 1.44 bits per heavy atom. The molecule has 1 aromatic rings. The Labute approximate surface area is 117 Å². The lowest BCUT2D eigenvalue weighted by atomic mass is 10.0. The Morgan fingerprint density at radius 3 is 2.83 bits per heavy atom. The fraction of sp³-hybridized carbons (Fsp3) is 0.571. The zero-order valence-electron chi connectivity index (χ0n) is 10.7. The van der Waals surface area contributed by atoms with Crippen molar-refractivity contribution >= 4 is 15.9 Å². The standard InChI is InChI=1S/C14H20BrNO2/c1-10(16)13-8-12(15)2-3-14(13)18-9-11-4-6-17-7-5-11/h2-3,8,10-11H,4-7,9,16H2,1H3/t10-/m0/s1. The molecule has 0 spiro atoms. The summed E-state index contributed by atoms with van der Waals surface area (Å²) in [5.74, 6) is 1.50.